The molecule has 0 bridgehead atoms. The first-order valence-electron chi connectivity index (χ1n) is 8.57. The van der Waals surface area contributed by atoms with E-state index >= 15 is 0 Å². The van der Waals surface area contributed by atoms with Gasteiger partial charge in [-0.25, -0.2) is 4.79 Å². The van der Waals surface area contributed by atoms with Gasteiger partial charge in [0, 0.05) is 11.7 Å². The van der Waals surface area contributed by atoms with Crippen LogP contribution >= 0.6 is 0 Å². The van der Waals surface area contributed by atoms with E-state index in [2.05, 4.69) is 10.3 Å². The molecular weight excluding hydrogens is 349 g/mol. The van der Waals surface area contributed by atoms with Gasteiger partial charge in [-0.2, -0.15) is 13.2 Å². The smallest absolute Gasteiger partial charge is 0.359 e. The van der Waals surface area contributed by atoms with Gasteiger partial charge in [-0.15, -0.1) is 0 Å². The van der Waals surface area contributed by atoms with Gasteiger partial charge in [-0.3, -0.25) is 4.98 Å². The molecule has 0 saturated carbocycles. The molecule has 9 heteroatoms. The van der Waals surface area contributed by atoms with Gasteiger partial charge in [0.15, 0.2) is 6.10 Å². The molecule has 0 spiro atoms. The van der Waals surface area contributed by atoms with Crippen molar-refractivity contribution in [3.05, 3.63) is 23.5 Å². The van der Waals surface area contributed by atoms with Crippen LogP contribution in [-0.4, -0.2) is 52.9 Å². The van der Waals surface area contributed by atoms with E-state index < -0.39 is 30.5 Å². The highest BCUT2D eigenvalue weighted by Crippen LogP contribution is 2.32. The lowest BCUT2D eigenvalue weighted by molar-refractivity contribution is -0.267. The second-order valence-corrected chi connectivity index (χ2v) is 7.55. The van der Waals surface area contributed by atoms with Crippen LogP contribution in [-0.2, 0) is 17.6 Å². The van der Waals surface area contributed by atoms with Crippen molar-refractivity contribution in [2.24, 2.45) is 5.73 Å². The second kappa shape index (κ2) is 6.70. The van der Waals surface area contributed by atoms with Gasteiger partial charge in [0.25, 0.3) is 0 Å². The third kappa shape index (κ3) is 4.27. The molecule has 0 aromatic carbocycles. The minimum atomic E-state index is -4.53. The van der Waals surface area contributed by atoms with E-state index in [0.29, 0.717) is 12.1 Å². The molecule has 3 rings (SSSR count). The molecule has 1 fully saturated rings. The largest absolute Gasteiger partial charge is 0.416 e. The van der Waals surface area contributed by atoms with Crippen LogP contribution in [0.25, 0.3) is 0 Å². The Hall–Kier alpha value is -1.87. The van der Waals surface area contributed by atoms with E-state index in [1.165, 1.54) is 20.0 Å². The van der Waals surface area contributed by atoms with E-state index in [1.807, 2.05) is 0 Å². The van der Waals surface area contributed by atoms with Gasteiger partial charge in [-0.1, -0.05) is 0 Å². The van der Waals surface area contributed by atoms with Crippen LogP contribution < -0.4 is 11.1 Å². The summed E-state index contributed by atoms with van der Waals surface area (Å²) in [5, 5.41) is 2.65. The number of fused-ring (bicyclic) bond motifs is 1. The number of ether oxygens (including phenoxy) is 1. The summed E-state index contributed by atoms with van der Waals surface area (Å²) in [6.07, 6.45) is -2.67. The third-order valence-corrected chi connectivity index (χ3v) is 4.62. The minimum Gasteiger partial charge on any atom is -0.359 e. The number of hydrogen-bond donors (Lipinski definition) is 2. The number of alkyl halides is 3. The number of aromatic nitrogens is 1. The molecule has 2 heterocycles. The van der Waals surface area contributed by atoms with E-state index in [-0.39, 0.29) is 12.6 Å². The zero-order valence-corrected chi connectivity index (χ0v) is 14.8. The number of urea groups is 1. The lowest BCUT2D eigenvalue weighted by atomic mass is 9.92. The Kier molecular flexibility index (Phi) is 4.87. The number of amides is 2. The molecule has 1 aromatic heterocycles. The van der Waals surface area contributed by atoms with E-state index in [1.54, 1.807) is 6.07 Å². The maximum absolute atomic E-state index is 13.1. The molecule has 2 atom stereocenters. The summed E-state index contributed by atoms with van der Waals surface area (Å²) in [4.78, 5) is 18.0. The number of carbonyl (C=O) groups excluding carboxylic acids is 1. The predicted octanol–water partition coefficient (Wildman–Crippen LogP) is 2.47. The normalized spacial score (nSPS) is 25.5. The molecular formula is C17H23F3N4O2. The number of morpholine rings is 1. The van der Waals surface area contributed by atoms with Gasteiger partial charge >= 0.3 is 12.2 Å². The van der Waals surface area contributed by atoms with E-state index in [4.69, 9.17) is 10.5 Å². The Labute approximate surface area is 149 Å². The fraction of sp³-hybridized carbons (Fsp3) is 0.647. The summed E-state index contributed by atoms with van der Waals surface area (Å²) in [7, 11) is 0. The molecule has 1 aliphatic carbocycles. The molecule has 1 saturated heterocycles. The van der Waals surface area contributed by atoms with Crippen LogP contribution in [0.15, 0.2) is 12.3 Å². The van der Waals surface area contributed by atoms with Crippen molar-refractivity contribution >= 4 is 11.7 Å². The van der Waals surface area contributed by atoms with E-state index in [0.717, 1.165) is 29.0 Å². The Bertz CT molecular complexity index is 693. The Morgan fingerprint density at radius 1 is 1.46 bits per heavy atom. The quantitative estimate of drug-likeness (QED) is 0.794. The molecule has 2 amide bonds. The summed E-state index contributed by atoms with van der Waals surface area (Å²) < 4.78 is 44.3. The lowest BCUT2D eigenvalue weighted by Gasteiger charge is -2.43. The van der Waals surface area contributed by atoms with Crippen LogP contribution in [0.4, 0.5) is 23.7 Å². The molecule has 1 aliphatic heterocycles. The summed E-state index contributed by atoms with van der Waals surface area (Å²) in [6, 6.07) is 1.26. The highest BCUT2D eigenvalue weighted by molar-refractivity contribution is 5.89. The standard InChI is InChI=1S/C17H23F3N4O2/c1-16(2)9-24(8-14(26-16)17(18,19)20)15(25)23-12-6-10-5-11(21)3-4-13(10)22-7-12/h6-7,11,14H,3-5,8-9,21H2,1-2H3,(H,23,25). The zero-order valence-electron chi connectivity index (χ0n) is 14.8. The van der Waals surface area contributed by atoms with Crippen molar-refractivity contribution in [2.45, 2.75) is 57.0 Å². The molecule has 2 unspecified atom stereocenters. The number of hydrogen-bond acceptors (Lipinski definition) is 4. The number of nitrogens with one attached hydrogen (secondary N) is 1. The van der Waals surface area contributed by atoms with Crippen molar-refractivity contribution < 1.29 is 22.7 Å². The summed E-state index contributed by atoms with van der Waals surface area (Å²) >= 11 is 0. The van der Waals surface area contributed by atoms with Gasteiger partial charge < -0.3 is 20.7 Å². The van der Waals surface area contributed by atoms with Crippen LogP contribution in [0.1, 0.15) is 31.5 Å². The van der Waals surface area contributed by atoms with Crippen molar-refractivity contribution in [3.63, 3.8) is 0 Å². The topological polar surface area (TPSA) is 80.5 Å². The predicted molar refractivity (Wildman–Crippen MR) is 89.8 cm³/mol. The molecule has 2 aliphatic rings. The monoisotopic (exact) mass is 372 g/mol. The van der Waals surface area contributed by atoms with Crippen LogP contribution in [0.2, 0.25) is 0 Å². The molecule has 26 heavy (non-hydrogen) atoms. The number of halogens is 3. The van der Waals surface area contributed by atoms with Crippen molar-refractivity contribution in [1.29, 1.82) is 0 Å². The van der Waals surface area contributed by atoms with Gasteiger partial charge in [0.2, 0.25) is 0 Å². The number of nitrogens with two attached hydrogens (primary N) is 1. The van der Waals surface area contributed by atoms with Crippen molar-refractivity contribution in [1.82, 2.24) is 9.88 Å². The fourth-order valence-corrected chi connectivity index (χ4v) is 3.43. The summed E-state index contributed by atoms with van der Waals surface area (Å²) in [5.41, 5.74) is 7.25. The van der Waals surface area contributed by atoms with Gasteiger partial charge in [-0.05, 0) is 44.7 Å². The summed E-state index contributed by atoms with van der Waals surface area (Å²) in [5.74, 6) is 0. The zero-order chi connectivity index (χ0) is 19.1. The third-order valence-electron chi connectivity index (χ3n) is 4.62. The average molecular weight is 372 g/mol. The lowest BCUT2D eigenvalue weighted by Crippen LogP contribution is -2.59. The maximum atomic E-state index is 13.1. The van der Waals surface area contributed by atoms with Crippen LogP contribution in [0, 0.1) is 0 Å². The molecule has 6 nitrogen and oxygen atoms in total. The first kappa shape index (κ1) is 18.9. The van der Waals surface area contributed by atoms with Crippen molar-refractivity contribution in [2.75, 3.05) is 18.4 Å². The highest BCUT2D eigenvalue weighted by atomic mass is 19.4. The molecule has 1 aromatic rings. The fourth-order valence-electron chi connectivity index (χ4n) is 3.43. The molecule has 144 valence electrons. The number of aryl methyl sites for hydroxylation is 1. The van der Waals surface area contributed by atoms with Crippen molar-refractivity contribution in [3.8, 4) is 0 Å². The average Bonchev–Trinajstić information content (AvgIpc) is 2.52. The Morgan fingerprint density at radius 2 is 2.19 bits per heavy atom. The second-order valence-electron chi connectivity index (χ2n) is 7.55. The number of carbonyl (C=O) groups is 1. The maximum Gasteiger partial charge on any atom is 0.416 e. The highest BCUT2D eigenvalue weighted by Gasteiger charge is 2.49. The molecule has 3 N–H and O–H groups in total. The van der Waals surface area contributed by atoms with E-state index in [9.17, 15) is 18.0 Å². The van der Waals surface area contributed by atoms with Crippen LogP contribution in [0.3, 0.4) is 0 Å². The molecule has 0 radical (unpaired) electrons. The van der Waals surface area contributed by atoms with Crippen LogP contribution in [0.5, 0.6) is 0 Å². The summed E-state index contributed by atoms with van der Waals surface area (Å²) in [6.45, 7) is 2.59. The number of rotatable bonds is 1. The first-order valence-corrected chi connectivity index (χ1v) is 8.57. The SMILES string of the molecule is CC1(C)CN(C(=O)Nc2cnc3c(c2)CC(N)CC3)CC(C(F)(F)F)O1. The van der Waals surface area contributed by atoms with Gasteiger partial charge in [0.05, 0.1) is 30.6 Å². The van der Waals surface area contributed by atoms with Gasteiger partial charge in [0.1, 0.15) is 0 Å². The first-order chi connectivity index (χ1) is 12.0. The Balaban J connectivity index is 1.72. The number of nitrogens with zero attached hydrogens (tertiary/aromatic N) is 2. The number of anilines is 1. The Morgan fingerprint density at radius 3 is 2.88 bits per heavy atom. The number of pyridine rings is 1. The minimum absolute atomic E-state index is 0.0582.